The normalized spacial score (nSPS) is 20.2. The van der Waals surface area contributed by atoms with E-state index in [1.165, 1.54) is 21.9 Å². The van der Waals surface area contributed by atoms with Gasteiger partial charge in [-0.15, -0.1) is 0 Å². The quantitative estimate of drug-likeness (QED) is 0.720. The first kappa shape index (κ1) is 21.2. The van der Waals surface area contributed by atoms with Crippen LogP contribution in [0.2, 0.25) is 0 Å². The Kier molecular flexibility index (Phi) is 6.51. The minimum atomic E-state index is -3.78. The number of anilines is 1. The number of para-hydroxylation sites is 1. The van der Waals surface area contributed by atoms with Gasteiger partial charge in [0, 0.05) is 31.4 Å². The monoisotopic (exact) mass is 418 g/mol. The molecule has 1 N–H and O–H groups in total. The molecule has 0 radical (unpaired) electrons. The predicted molar refractivity (Wildman–Crippen MR) is 111 cm³/mol. The number of ether oxygens (including phenoxy) is 1. The van der Waals surface area contributed by atoms with Crippen LogP contribution in [-0.4, -0.2) is 56.0 Å². The zero-order chi connectivity index (χ0) is 21.0. The van der Waals surface area contributed by atoms with Crippen LogP contribution in [0.25, 0.3) is 0 Å². The maximum Gasteiger partial charge on any atom is 0.339 e. The third kappa shape index (κ3) is 4.92. The first-order valence-corrected chi connectivity index (χ1v) is 10.8. The molecule has 3 rings (SSSR count). The lowest BCUT2D eigenvalue weighted by atomic mass is 10.2. The highest BCUT2D eigenvalue weighted by Crippen LogP contribution is 2.24. The average Bonchev–Trinajstić information content (AvgIpc) is 2.71. The van der Waals surface area contributed by atoms with Gasteiger partial charge in [-0.05, 0) is 38.1 Å². The molecule has 0 unspecified atom stereocenters. The van der Waals surface area contributed by atoms with E-state index in [9.17, 15) is 13.2 Å². The molecule has 0 amide bonds. The number of aromatic nitrogens is 1. The highest BCUT2D eigenvalue weighted by Gasteiger charge is 2.35. The minimum Gasteiger partial charge on any atom is -0.465 e. The van der Waals surface area contributed by atoms with Gasteiger partial charge < -0.3 is 10.1 Å². The fourth-order valence-electron chi connectivity index (χ4n) is 3.41. The summed E-state index contributed by atoms with van der Waals surface area (Å²) in [6.45, 7) is 4.78. The van der Waals surface area contributed by atoms with Crippen molar-refractivity contribution in [2.75, 3.05) is 24.5 Å². The molecular formula is C20H26N4O4S. The van der Waals surface area contributed by atoms with Gasteiger partial charge in [0.05, 0.1) is 30.6 Å². The van der Waals surface area contributed by atoms with Gasteiger partial charge in [-0.2, -0.15) is 12.7 Å². The second kappa shape index (κ2) is 8.89. The van der Waals surface area contributed by atoms with Gasteiger partial charge in [0.15, 0.2) is 0 Å². The van der Waals surface area contributed by atoms with Crippen LogP contribution in [-0.2, 0) is 21.5 Å². The molecular weight excluding hydrogens is 392 g/mol. The Labute approximate surface area is 171 Å². The molecule has 156 valence electrons. The van der Waals surface area contributed by atoms with Gasteiger partial charge >= 0.3 is 16.2 Å². The van der Waals surface area contributed by atoms with Crippen LogP contribution in [0, 0.1) is 0 Å². The maximum absolute atomic E-state index is 13.5. The lowest BCUT2D eigenvalue weighted by Crippen LogP contribution is -2.58. The Balaban J connectivity index is 1.92. The Hall–Kier alpha value is -2.49. The summed E-state index contributed by atoms with van der Waals surface area (Å²) in [7, 11) is -2.48. The predicted octanol–water partition coefficient (Wildman–Crippen LogP) is 1.80. The first-order valence-electron chi connectivity index (χ1n) is 9.43. The molecule has 2 atom stereocenters. The lowest BCUT2D eigenvalue weighted by Gasteiger charge is -2.38. The number of methoxy groups -OCH3 is 1. The number of nitrogens with zero attached hydrogens (tertiary/aromatic N) is 3. The van der Waals surface area contributed by atoms with E-state index < -0.39 is 16.2 Å². The summed E-state index contributed by atoms with van der Waals surface area (Å²) in [5, 5.41) is 3.35. The van der Waals surface area contributed by atoms with E-state index in [1.807, 2.05) is 19.9 Å². The molecule has 29 heavy (non-hydrogen) atoms. The number of pyridine rings is 1. The number of esters is 1. The molecule has 0 bridgehead atoms. The fraction of sp³-hybridized carbons (Fsp3) is 0.400. The van der Waals surface area contributed by atoms with Crippen molar-refractivity contribution in [3.63, 3.8) is 0 Å². The summed E-state index contributed by atoms with van der Waals surface area (Å²) in [6, 6.07) is 12.3. The minimum absolute atomic E-state index is 0.0560. The molecule has 8 nitrogen and oxygen atoms in total. The van der Waals surface area contributed by atoms with Crippen molar-refractivity contribution < 1.29 is 17.9 Å². The Morgan fingerprint density at radius 2 is 1.83 bits per heavy atom. The van der Waals surface area contributed by atoms with E-state index in [4.69, 9.17) is 0 Å². The summed E-state index contributed by atoms with van der Waals surface area (Å²) in [4.78, 5) is 15.9. The molecule has 1 aliphatic heterocycles. The van der Waals surface area contributed by atoms with Crippen molar-refractivity contribution in [1.29, 1.82) is 0 Å². The highest BCUT2D eigenvalue weighted by molar-refractivity contribution is 7.90. The number of rotatable bonds is 6. The molecule has 2 aromatic rings. The highest BCUT2D eigenvalue weighted by atomic mass is 32.2. The molecule has 2 heterocycles. The zero-order valence-corrected chi connectivity index (χ0v) is 17.6. The molecule has 1 fully saturated rings. The van der Waals surface area contributed by atoms with E-state index in [0.29, 0.717) is 30.0 Å². The molecule has 1 aromatic carbocycles. The number of nitrogens with one attached hydrogen (secondary N) is 1. The second-order valence-corrected chi connectivity index (χ2v) is 9.02. The van der Waals surface area contributed by atoms with E-state index >= 15 is 0 Å². The zero-order valence-electron chi connectivity index (χ0n) is 16.8. The number of piperazine rings is 1. The van der Waals surface area contributed by atoms with Gasteiger partial charge in [0.1, 0.15) is 0 Å². The Morgan fingerprint density at radius 1 is 1.17 bits per heavy atom. The van der Waals surface area contributed by atoms with Crippen molar-refractivity contribution in [2.24, 2.45) is 0 Å². The lowest BCUT2D eigenvalue weighted by molar-refractivity contribution is 0.0600. The van der Waals surface area contributed by atoms with Crippen molar-refractivity contribution in [2.45, 2.75) is 32.5 Å². The van der Waals surface area contributed by atoms with Gasteiger partial charge in [-0.25, -0.2) is 4.79 Å². The largest absolute Gasteiger partial charge is 0.465 e. The molecule has 1 aliphatic rings. The molecule has 9 heteroatoms. The topological polar surface area (TPSA) is 91.8 Å². The molecule has 1 aromatic heterocycles. The van der Waals surface area contributed by atoms with Gasteiger partial charge in [0.2, 0.25) is 0 Å². The van der Waals surface area contributed by atoms with Gasteiger partial charge in [-0.3, -0.25) is 9.29 Å². The van der Waals surface area contributed by atoms with Crippen LogP contribution >= 0.6 is 0 Å². The number of hydrogen-bond donors (Lipinski definition) is 1. The standard InChI is InChI=1S/C20H26N4O4S/c1-15-12-23(13-16(2)22-15)29(26,27)24(19-7-5-4-6-8-19)14-18-10-9-17(11-21-18)20(25)28-3/h4-11,15-16,22H,12-14H2,1-3H3/t15-,16+. The molecule has 0 saturated carbocycles. The summed E-state index contributed by atoms with van der Waals surface area (Å²) in [5.74, 6) is -0.486. The molecule has 0 spiro atoms. The Morgan fingerprint density at radius 3 is 2.38 bits per heavy atom. The smallest absolute Gasteiger partial charge is 0.339 e. The van der Waals surface area contributed by atoms with Crippen LogP contribution in [0.3, 0.4) is 0 Å². The number of carbonyl (C=O) groups is 1. The van der Waals surface area contributed by atoms with Crippen LogP contribution in [0.4, 0.5) is 5.69 Å². The number of carbonyl (C=O) groups excluding carboxylic acids is 1. The van der Waals surface area contributed by atoms with Gasteiger partial charge in [0.25, 0.3) is 0 Å². The summed E-state index contributed by atoms with van der Waals surface area (Å²) in [5.41, 5.74) is 1.40. The van der Waals surface area contributed by atoms with Gasteiger partial charge in [-0.1, -0.05) is 18.2 Å². The third-order valence-corrected chi connectivity index (χ3v) is 6.57. The second-order valence-electron chi connectivity index (χ2n) is 7.17. The van der Waals surface area contributed by atoms with E-state index in [-0.39, 0.29) is 18.6 Å². The summed E-state index contributed by atoms with van der Waals surface area (Å²) >= 11 is 0. The van der Waals surface area contributed by atoms with Crippen molar-refractivity contribution in [3.05, 3.63) is 59.9 Å². The van der Waals surface area contributed by atoms with Crippen LogP contribution in [0.5, 0.6) is 0 Å². The average molecular weight is 419 g/mol. The van der Waals surface area contributed by atoms with Crippen molar-refractivity contribution >= 4 is 21.9 Å². The van der Waals surface area contributed by atoms with Crippen molar-refractivity contribution in [3.8, 4) is 0 Å². The maximum atomic E-state index is 13.5. The number of benzene rings is 1. The summed E-state index contributed by atoms with van der Waals surface area (Å²) in [6.07, 6.45) is 1.39. The van der Waals surface area contributed by atoms with E-state index in [2.05, 4.69) is 15.0 Å². The summed E-state index contributed by atoms with van der Waals surface area (Å²) < 4.78 is 34.6. The number of hydrogen-bond acceptors (Lipinski definition) is 6. The fourth-order valence-corrected chi connectivity index (χ4v) is 5.19. The first-order chi connectivity index (χ1) is 13.8. The van der Waals surface area contributed by atoms with Crippen LogP contribution < -0.4 is 9.62 Å². The van der Waals surface area contributed by atoms with E-state index in [0.717, 1.165) is 0 Å². The molecule has 0 aliphatic carbocycles. The molecule has 1 saturated heterocycles. The SMILES string of the molecule is COC(=O)c1ccc(CN(c2ccccc2)S(=O)(=O)N2C[C@@H](C)N[C@@H](C)C2)nc1. The van der Waals surface area contributed by atoms with Crippen molar-refractivity contribution in [1.82, 2.24) is 14.6 Å². The van der Waals surface area contributed by atoms with Crippen LogP contribution in [0.1, 0.15) is 29.9 Å². The third-order valence-electron chi connectivity index (χ3n) is 4.72. The van der Waals surface area contributed by atoms with E-state index in [1.54, 1.807) is 36.4 Å². The Bertz CT molecular complexity index is 925. The van der Waals surface area contributed by atoms with Crippen LogP contribution in [0.15, 0.2) is 48.7 Å².